The van der Waals surface area contributed by atoms with Gasteiger partial charge in [0.1, 0.15) is 0 Å². The van der Waals surface area contributed by atoms with Crippen molar-refractivity contribution in [2.45, 2.75) is 71.5 Å². The van der Waals surface area contributed by atoms with Gasteiger partial charge in [-0.25, -0.2) is 0 Å². The summed E-state index contributed by atoms with van der Waals surface area (Å²) >= 11 is 0. The van der Waals surface area contributed by atoms with Crippen LogP contribution in [0.4, 0.5) is 0 Å². The zero-order valence-electron chi connectivity index (χ0n) is 30.5. The van der Waals surface area contributed by atoms with Gasteiger partial charge in [-0.2, -0.15) is 0 Å². The number of hydrogen-bond acceptors (Lipinski definition) is 7. The number of aliphatic hydroxyl groups excluding tert-OH is 1. The fraction of sp³-hybridized carbons (Fsp3) is 0.318. The predicted octanol–water partition coefficient (Wildman–Crippen LogP) is 8.05. The van der Waals surface area contributed by atoms with E-state index in [9.17, 15) is 14.7 Å². The van der Waals surface area contributed by atoms with Crippen LogP contribution in [0.25, 0.3) is 21.9 Å². The maximum atomic E-state index is 12.4. The van der Waals surface area contributed by atoms with Gasteiger partial charge in [0.25, 0.3) is 5.91 Å². The van der Waals surface area contributed by atoms with Crippen LogP contribution in [0.5, 0.6) is 0 Å². The molecule has 6 atom stereocenters. The Morgan fingerprint density at radius 2 is 1.52 bits per heavy atom. The minimum absolute atomic E-state index is 0.00758. The van der Waals surface area contributed by atoms with Gasteiger partial charge in [-0.15, -0.1) is 0 Å². The van der Waals surface area contributed by atoms with Crippen LogP contribution < -0.4 is 5.32 Å². The molecule has 270 valence electrons. The minimum Gasteiger partial charge on any atom is -0.453 e. The van der Waals surface area contributed by atoms with Crippen LogP contribution in [-0.2, 0) is 37.0 Å². The first-order valence-corrected chi connectivity index (χ1v) is 17.9. The molecule has 2 N–H and O–H groups in total. The van der Waals surface area contributed by atoms with Gasteiger partial charge in [0, 0.05) is 37.5 Å². The number of fused-ring (bicyclic) bond motifs is 1. The monoisotopic (exact) mass is 700 g/mol. The Hall–Kier alpha value is -4.86. The lowest BCUT2D eigenvalue weighted by Gasteiger charge is -2.43. The van der Waals surface area contributed by atoms with Crippen LogP contribution >= 0.6 is 0 Å². The lowest BCUT2D eigenvalue weighted by Crippen LogP contribution is -2.44. The van der Waals surface area contributed by atoms with Crippen LogP contribution in [0.3, 0.4) is 0 Å². The predicted molar refractivity (Wildman–Crippen MR) is 203 cm³/mol. The van der Waals surface area contributed by atoms with Crippen molar-refractivity contribution in [2.75, 3.05) is 13.6 Å². The third-order valence-corrected chi connectivity index (χ3v) is 10.1. The highest BCUT2D eigenvalue weighted by Gasteiger charge is 2.39. The number of ether oxygens (including phenoxy) is 3. The molecule has 8 heteroatoms. The number of likely N-dealkylation sites (N-methyl/N-ethyl adjacent to an activating group) is 1. The first-order valence-electron chi connectivity index (χ1n) is 17.9. The molecule has 1 saturated heterocycles. The van der Waals surface area contributed by atoms with Crippen LogP contribution in [0.2, 0.25) is 0 Å². The second-order valence-corrected chi connectivity index (χ2v) is 13.8. The number of hydrogen-bond donors (Lipinski definition) is 2. The van der Waals surface area contributed by atoms with Crippen molar-refractivity contribution in [3.8, 4) is 11.1 Å². The molecule has 1 heterocycles. The smallest absolute Gasteiger partial charge is 0.303 e. The van der Waals surface area contributed by atoms with E-state index in [-0.39, 0.29) is 36.7 Å². The topological polar surface area (TPSA) is 97.3 Å². The Bertz CT molecular complexity index is 1980. The van der Waals surface area contributed by atoms with Crippen molar-refractivity contribution in [2.24, 2.45) is 5.92 Å². The highest BCUT2D eigenvalue weighted by molar-refractivity contribution is 5.83. The molecule has 0 aliphatic carbocycles. The number of aliphatic hydroxyl groups is 1. The van der Waals surface area contributed by atoms with Crippen molar-refractivity contribution < 1.29 is 28.9 Å². The van der Waals surface area contributed by atoms with E-state index in [1.165, 1.54) is 23.3 Å². The molecule has 5 aromatic carbocycles. The molecule has 1 aliphatic heterocycles. The Balaban J connectivity index is 1.19. The van der Waals surface area contributed by atoms with Crippen molar-refractivity contribution in [3.05, 3.63) is 143 Å². The van der Waals surface area contributed by atoms with Gasteiger partial charge in [-0.3, -0.25) is 14.5 Å². The highest BCUT2D eigenvalue weighted by atomic mass is 16.7. The molecule has 8 nitrogen and oxygen atoms in total. The van der Waals surface area contributed by atoms with Gasteiger partial charge in [-0.1, -0.05) is 110 Å². The summed E-state index contributed by atoms with van der Waals surface area (Å²) in [7, 11) is 2.15. The summed E-state index contributed by atoms with van der Waals surface area (Å²) in [4.78, 5) is 25.9. The van der Waals surface area contributed by atoms with E-state index < -0.39 is 18.4 Å². The van der Waals surface area contributed by atoms with E-state index in [2.05, 4.69) is 97.8 Å². The summed E-state index contributed by atoms with van der Waals surface area (Å²) in [6.07, 6.45) is -1.77. The molecular formula is C44H48N2O6. The molecule has 0 aromatic heterocycles. The molecule has 0 saturated carbocycles. The lowest BCUT2D eigenvalue weighted by molar-refractivity contribution is -0.276. The molecule has 1 aliphatic rings. The minimum atomic E-state index is -0.854. The summed E-state index contributed by atoms with van der Waals surface area (Å²) in [6.45, 7) is 8.28. The second-order valence-electron chi connectivity index (χ2n) is 13.8. The SMILES string of the molecule is CC(=O)O[C@@H](C)C(=O)NCc1cccc(-c2ccc([C@@H]3O[C@H](CN(C)[C@H](C)c4ccc5ccccc5c4)[C@H](C)[C@H](c4ccc(CO)cc4)O3)cc2)c1. The van der Waals surface area contributed by atoms with Crippen LogP contribution in [0.1, 0.15) is 73.9 Å². The molecule has 52 heavy (non-hydrogen) atoms. The first-order chi connectivity index (χ1) is 25.1. The molecular weight excluding hydrogens is 652 g/mol. The quantitative estimate of drug-likeness (QED) is 0.127. The van der Waals surface area contributed by atoms with Gasteiger partial charge in [-0.05, 0) is 77.2 Å². The summed E-state index contributed by atoms with van der Waals surface area (Å²) in [5, 5.41) is 15.0. The average molecular weight is 701 g/mol. The number of amides is 1. The highest BCUT2D eigenvalue weighted by Crippen LogP contribution is 2.42. The van der Waals surface area contributed by atoms with Crippen LogP contribution in [0.15, 0.2) is 115 Å². The fourth-order valence-electron chi connectivity index (χ4n) is 6.82. The Morgan fingerprint density at radius 1 is 0.808 bits per heavy atom. The third kappa shape index (κ3) is 8.77. The summed E-state index contributed by atoms with van der Waals surface area (Å²) in [5.41, 5.74) is 7.05. The van der Waals surface area contributed by atoms with Gasteiger partial charge in [0.05, 0.1) is 18.8 Å². The summed E-state index contributed by atoms with van der Waals surface area (Å²) < 4.78 is 18.5. The average Bonchev–Trinajstić information content (AvgIpc) is 3.17. The van der Waals surface area contributed by atoms with Gasteiger partial charge >= 0.3 is 5.97 Å². The largest absolute Gasteiger partial charge is 0.453 e. The number of carbonyl (C=O) groups is 2. The Labute approximate surface area is 306 Å². The van der Waals surface area contributed by atoms with Crippen molar-refractivity contribution in [3.63, 3.8) is 0 Å². The summed E-state index contributed by atoms with van der Waals surface area (Å²) in [5.74, 6) is -0.780. The standard InChI is InChI=1S/C44H48N2O6/c1-28-41(26-46(5)29(2)38-22-19-34-10-6-7-11-40(34)24-38)51-44(52-42(28)36-15-13-32(27-47)14-16-36)37-20-17-35(18-21-37)39-12-8-9-33(23-39)25-45-43(49)30(3)50-31(4)48/h6-24,28-30,41-42,44,47H,25-27H2,1-5H3,(H,45,49)/t28-,29+,30-,41+,42+,44+/m0/s1. The second kappa shape index (κ2) is 16.7. The zero-order chi connectivity index (χ0) is 36.8. The van der Waals surface area contributed by atoms with Crippen LogP contribution in [-0.4, -0.2) is 47.7 Å². The number of nitrogens with zero attached hydrogens (tertiary/aromatic N) is 1. The van der Waals surface area contributed by atoms with E-state index in [0.717, 1.165) is 33.4 Å². The molecule has 0 bridgehead atoms. The Morgan fingerprint density at radius 3 is 2.23 bits per heavy atom. The number of carbonyl (C=O) groups excluding carboxylic acids is 2. The number of nitrogens with one attached hydrogen (secondary N) is 1. The maximum absolute atomic E-state index is 12.4. The van der Waals surface area contributed by atoms with Crippen molar-refractivity contribution >= 4 is 22.6 Å². The normalized spacial score (nSPS) is 20.0. The summed E-state index contributed by atoms with van der Waals surface area (Å²) in [6, 6.07) is 39.5. The van der Waals surface area contributed by atoms with Gasteiger partial charge in [0.15, 0.2) is 12.4 Å². The van der Waals surface area contributed by atoms with Gasteiger partial charge in [0.2, 0.25) is 0 Å². The van der Waals surface area contributed by atoms with Crippen molar-refractivity contribution in [1.29, 1.82) is 0 Å². The zero-order valence-corrected chi connectivity index (χ0v) is 30.5. The number of rotatable bonds is 12. The van der Waals surface area contributed by atoms with E-state index >= 15 is 0 Å². The maximum Gasteiger partial charge on any atom is 0.303 e. The van der Waals surface area contributed by atoms with E-state index in [4.69, 9.17) is 14.2 Å². The third-order valence-electron chi connectivity index (χ3n) is 10.1. The molecule has 0 spiro atoms. The van der Waals surface area contributed by atoms with Crippen LogP contribution in [0, 0.1) is 5.92 Å². The number of benzene rings is 5. The molecule has 1 amide bonds. The lowest BCUT2D eigenvalue weighted by atomic mass is 9.89. The molecule has 5 aromatic rings. The van der Waals surface area contributed by atoms with Crippen molar-refractivity contribution in [1.82, 2.24) is 10.2 Å². The fourth-order valence-corrected chi connectivity index (χ4v) is 6.82. The van der Waals surface area contributed by atoms with Gasteiger partial charge < -0.3 is 24.6 Å². The Kier molecular flexibility index (Phi) is 11.8. The van der Waals surface area contributed by atoms with E-state index in [1.54, 1.807) is 6.92 Å². The molecule has 0 radical (unpaired) electrons. The van der Waals surface area contributed by atoms with E-state index in [0.29, 0.717) is 13.1 Å². The molecule has 0 unspecified atom stereocenters. The molecule has 1 fully saturated rings. The number of esters is 1. The molecule has 6 rings (SSSR count). The van der Waals surface area contributed by atoms with E-state index in [1.807, 2.05) is 48.5 Å². The first kappa shape index (κ1) is 36.9.